The van der Waals surface area contributed by atoms with Crippen LogP contribution in [0.2, 0.25) is 0 Å². The largest absolute Gasteiger partial charge is 0.285 e. The van der Waals surface area contributed by atoms with Crippen LogP contribution < -0.4 is 0 Å². The summed E-state index contributed by atoms with van der Waals surface area (Å²) in [6.45, 7) is 10.0. The van der Waals surface area contributed by atoms with Crippen LogP contribution in [0, 0.1) is 0 Å². The van der Waals surface area contributed by atoms with E-state index in [0.29, 0.717) is 0 Å². The molecule has 0 saturated heterocycles. The van der Waals surface area contributed by atoms with Crippen molar-refractivity contribution < 1.29 is 22.3 Å². The first kappa shape index (κ1) is 27.2. The third kappa shape index (κ3) is 9.15. The molecule has 0 radical (unpaired) electrons. The first-order valence-corrected chi connectivity index (χ1v) is 11.6. The first-order valence-electron chi connectivity index (χ1n) is 9.76. The molecule has 3 aromatic carbocycles. The Hall–Kier alpha value is -2.77. The predicted octanol–water partition coefficient (Wildman–Crippen LogP) is 5.32. The first-order chi connectivity index (χ1) is 14.2. The lowest BCUT2D eigenvalue weighted by molar-refractivity contribution is -0.168. The second kappa shape index (κ2) is 13.5. The summed E-state index contributed by atoms with van der Waals surface area (Å²) >= 11 is 0. The minimum atomic E-state index is -3.83. The van der Waals surface area contributed by atoms with Crippen LogP contribution in [0.15, 0.2) is 60.7 Å². The van der Waals surface area contributed by atoms with Gasteiger partial charge < -0.3 is 0 Å². The van der Waals surface area contributed by atoms with Gasteiger partial charge in [0, 0.05) is 13.8 Å². The molecule has 0 bridgehead atoms. The second-order valence-corrected chi connectivity index (χ2v) is 7.21. The van der Waals surface area contributed by atoms with E-state index in [1.54, 1.807) is 0 Å². The molecule has 0 saturated carbocycles. The molecule has 0 spiro atoms. The molecule has 0 heterocycles. The molecule has 7 heteroatoms. The van der Waals surface area contributed by atoms with Crippen molar-refractivity contribution >= 4 is 43.5 Å². The van der Waals surface area contributed by atoms with Crippen molar-refractivity contribution in [3.63, 3.8) is 0 Å². The van der Waals surface area contributed by atoms with E-state index >= 15 is 0 Å². The number of carbonyl (C=O) groups is 2. The van der Waals surface area contributed by atoms with Gasteiger partial charge in [0.15, 0.2) is 0 Å². The van der Waals surface area contributed by atoms with Crippen LogP contribution in [0.3, 0.4) is 0 Å². The van der Waals surface area contributed by atoms with Gasteiger partial charge >= 0.3 is 0 Å². The van der Waals surface area contributed by atoms with E-state index in [1.807, 2.05) is 27.7 Å². The Morgan fingerprint density at radius 1 is 0.700 bits per heavy atom. The number of imide groups is 1. The SMILES string of the molecule is CC.CC.CC(=O)N(OS(C)(=O)=O)C(C)=O.c1ccc2cc3ccccc3cc2c1. The summed E-state index contributed by atoms with van der Waals surface area (Å²) in [6, 6.07) is 21.4. The van der Waals surface area contributed by atoms with E-state index in [0.717, 1.165) is 20.1 Å². The van der Waals surface area contributed by atoms with Gasteiger partial charge in [0.25, 0.3) is 21.9 Å². The summed E-state index contributed by atoms with van der Waals surface area (Å²) in [4.78, 5) is 21.2. The molecule has 0 atom stereocenters. The molecule has 0 aliphatic heterocycles. The Kier molecular flexibility index (Phi) is 12.2. The number of hydroxylamine groups is 2. The predicted molar refractivity (Wildman–Crippen MR) is 123 cm³/mol. The van der Waals surface area contributed by atoms with Gasteiger partial charge in [-0.15, -0.1) is 9.35 Å². The van der Waals surface area contributed by atoms with Crippen LogP contribution in [-0.2, 0) is 24.0 Å². The zero-order valence-electron chi connectivity index (χ0n) is 18.7. The Bertz CT molecular complexity index is 942. The molecule has 6 nitrogen and oxygen atoms in total. The van der Waals surface area contributed by atoms with E-state index in [1.165, 1.54) is 21.5 Å². The summed E-state index contributed by atoms with van der Waals surface area (Å²) in [5.74, 6) is -1.57. The molecular weight excluding hydrogens is 402 g/mol. The maximum Gasteiger partial charge on any atom is 0.285 e. The minimum Gasteiger partial charge on any atom is -0.272 e. The number of benzene rings is 3. The Morgan fingerprint density at radius 2 is 0.967 bits per heavy atom. The summed E-state index contributed by atoms with van der Waals surface area (Å²) in [5.41, 5.74) is 0. The molecule has 2 amide bonds. The van der Waals surface area contributed by atoms with E-state index in [4.69, 9.17) is 0 Å². The van der Waals surface area contributed by atoms with Crippen LogP contribution in [0.5, 0.6) is 0 Å². The van der Waals surface area contributed by atoms with Crippen molar-refractivity contribution in [3.8, 4) is 0 Å². The molecule has 0 unspecified atom stereocenters. The smallest absolute Gasteiger partial charge is 0.272 e. The van der Waals surface area contributed by atoms with Gasteiger partial charge in [0.05, 0.1) is 6.26 Å². The number of rotatable bonds is 2. The van der Waals surface area contributed by atoms with Crippen molar-refractivity contribution in [2.75, 3.05) is 6.26 Å². The molecule has 30 heavy (non-hydrogen) atoms. The van der Waals surface area contributed by atoms with Crippen LogP contribution >= 0.6 is 0 Å². The maximum atomic E-state index is 10.6. The highest BCUT2D eigenvalue weighted by Crippen LogP contribution is 2.22. The molecule has 0 fully saturated rings. The van der Waals surface area contributed by atoms with Gasteiger partial charge in [-0.25, -0.2) is 0 Å². The highest BCUT2D eigenvalue weighted by atomic mass is 32.2. The highest BCUT2D eigenvalue weighted by Gasteiger charge is 2.19. The zero-order chi connectivity index (χ0) is 23.3. The van der Waals surface area contributed by atoms with Gasteiger partial charge in [-0.2, -0.15) is 8.42 Å². The fourth-order valence-electron chi connectivity index (χ4n) is 2.34. The van der Waals surface area contributed by atoms with Crippen LogP contribution in [0.25, 0.3) is 21.5 Å². The van der Waals surface area contributed by atoms with Crippen LogP contribution in [-0.4, -0.2) is 31.6 Å². The molecule has 3 aromatic rings. The fraction of sp³-hybridized carbons (Fsp3) is 0.304. The monoisotopic (exact) mass is 433 g/mol. The van der Waals surface area contributed by atoms with Crippen molar-refractivity contribution in [1.82, 2.24) is 5.06 Å². The molecular formula is C23H31NO5S. The van der Waals surface area contributed by atoms with Gasteiger partial charge in [-0.3, -0.25) is 9.59 Å². The molecule has 0 aromatic heterocycles. The van der Waals surface area contributed by atoms with E-state index < -0.39 is 21.9 Å². The van der Waals surface area contributed by atoms with Crippen molar-refractivity contribution in [3.05, 3.63) is 60.7 Å². The third-order valence-corrected chi connectivity index (χ3v) is 3.82. The van der Waals surface area contributed by atoms with Crippen LogP contribution in [0.4, 0.5) is 0 Å². The Labute approximate surface area is 179 Å². The number of fused-ring (bicyclic) bond motifs is 2. The standard InChI is InChI=1S/C14H10.C5H9NO5S.2C2H6/c1-2-6-12-10-14-8-4-3-7-13(14)9-11(12)5-1;1-4(7)6(5(2)8)11-12(3,9)10;2*1-2/h1-10H;1-3H3;2*1-2H3. The number of amides is 2. The maximum absolute atomic E-state index is 10.6. The average molecular weight is 434 g/mol. The van der Waals surface area contributed by atoms with Gasteiger partial charge in [-0.05, 0) is 33.7 Å². The number of carbonyl (C=O) groups excluding carboxylic acids is 2. The van der Waals surface area contributed by atoms with E-state index in [2.05, 4.69) is 64.9 Å². The lowest BCUT2D eigenvalue weighted by Crippen LogP contribution is -2.35. The molecule has 0 aliphatic carbocycles. The third-order valence-electron chi connectivity index (χ3n) is 3.40. The lowest BCUT2D eigenvalue weighted by Gasteiger charge is -2.13. The minimum absolute atomic E-state index is 0.176. The Morgan fingerprint density at radius 3 is 1.13 bits per heavy atom. The van der Waals surface area contributed by atoms with Gasteiger partial charge in [-0.1, -0.05) is 76.2 Å². The molecule has 0 aliphatic rings. The number of nitrogens with zero attached hydrogens (tertiary/aromatic N) is 1. The summed E-state index contributed by atoms with van der Waals surface area (Å²) in [6.07, 6.45) is 0.742. The summed E-state index contributed by atoms with van der Waals surface area (Å²) in [7, 11) is -3.83. The summed E-state index contributed by atoms with van der Waals surface area (Å²) < 4.78 is 25.0. The topological polar surface area (TPSA) is 80.8 Å². The lowest BCUT2D eigenvalue weighted by atomic mass is 10.0. The van der Waals surface area contributed by atoms with Crippen LogP contribution in [0.1, 0.15) is 41.5 Å². The van der Waals surface area contributed by atoms with Crippen molar-refractivity contribution in [2.24, 2.45) is 0 Å². The van der Waals surface area contributed by atoms with E-state index in [9.17, 15) is 18.0 Å². The molecule has 164 valence electrons. The van der Waals surface area contributed by atoms with Gasteiger partial charge in [0.2, 0.25) is 0 Å². The van der Waals surface area contributed by atoms with Crippen molar-refractivity contribution in [1.29, 1.82) is 0 Å². The quantitative estimate of drug-likeness (QED) is 0.404. The van der Waals surface area contributed by atoms with Crippen molar-refractivity contribution in [2.45, 2.75) is 41.5 Å². The van der Waals surface area contributed by atoms with Gasteiger partial charge in [0.1, 0.15) is 0 Å². The zero-order valence-corrected chi connectivity index (χ0v) is 19.5. The highest BCUT2D eigenvalue weighted by molar-refractivity contribution is 7.85. The molecule has 3 rings (SSSR count). The summed E-state index contributed by atoms with van der Waals surface area (Å²) in [5, 5.41) is 5.42. The second-order valence-electron chi connectivity index (χ2n) is 5.66. The Balaban J connectivity index is 0.000000488. The van der Waals surface area contributed by atoms with E-state index in [-0.39, 0.29) is 5.06 Å². The molecule has 0 N–H and O–H groups in total. The number of hydrogen-bond donors (Lipinski definition) is 0. The normalized spacial score (nSPS) is 9.83. The fourth-order valence-corrected chi connectivity index (χ4v) is 2.83. The number of hydrogen-bond acceptors (Lipinski definition) is 5. The average Bonchev–Trinajstić information content (AvgIpc) is 2.73.